The number of benzene rings is 1. The Hall–Kier alpha value is -1.75. The number of hydrogen-bond donors (Lipinski definition) is 1. The van der Waals surface area contributed by atoms with Gasteiger partial charge in [0, 0.05) is 10.2 Å². The number of carbonyl (C=O) groups is 1. The quantitative estimate of drug-likeness (QED) is 0.893. The molecule has 2 rings (SSSR count). The Labute approximate surface area is 132 Å². The monoisotopic (exact) mass is 348 g/mol. The molecule has 1 atom stereocenters. The van der Waals surface area contributed by atoms with E-state index in [0.717, 1.165) is 15.7 Å². The molecule has 0 saturated heterocycles. The van der Waals surface area contributed by atoms with E-state index in [1.54, 1.807) is 6.07 Å². The van der Waals surface area contributed by atoms with Crippen molar-refractivity contribution in [2.75, 3.05) is 0 Å². The molecule has 0 bridgehead atoms. The molecule has 21 heavy (non-hydrogen) atoms. The SMILES string of the molecule is CC(C)c1cc(C(Cc2ccc(Br)cc2)C(=O)O)ncn1. The van der Waals surface area contributed by atoms with E-state index < -0.39 is 11.9 Å². The van der Waals surface area contributed by atoms with Crippen molar-refractivity contribution in [2.24, 2.45) is 0 Å². The number of aromatic nitrogens is 2. The second-order valence-electron chi connectivity index (χ2n) is 5.24. The zero-order valence-corrected chi connectivity index (χ0v) is 13.5. The molecule has 0 aliphatic rings. The van der Waals surface area contributed by atoms with Crippen LogP contribution in [0.25, 0.3) is 0 Å². The number of aliphatic carboxylic acids is 1. The fourth-order valence-corrected chi connectivity index (χ4v) is 2.33. The largest absolute Gasteiger partial charge is 0.481 e. The van der Waals surface area contributed by atoms with E-state index in [-0.39, 0.29) is 5.92 Å². The lowest BCUT2D eigenvalue weighted by Gasteiger charge is -2.13. The number of carboxylic acids is 1. The molecule has 0 amide bonds. The van der Waals surface area contributed by atoms with Crippen LogP contribution in [0.5, 0.6) is 0 Å². The molecule has 0 saturated carbocycles. The summed E-state index contributed by atoms with van der Waals surface area (Å²) in [7, 11) is 0. The van der Waals surface area contributed by atoms with Crippen LogP contribution in [0.1, 0.15) is 42.6 Å². The highest BCUT2D eigenvalue weighted by molar-refractivity contribution is 9.10. The minimum absolute atomic E-state index is 0.244. The van der Waals surface area contributed by atoms with E-state index >= 15 is 0 Å². The Balaban J connectivity index is 2.28. The van der Waals surface area contributed by atoms with Crippen LogP contribution in [0.4, 0.5) is 0 Å². The predicted octanol–water partition coefficient (Wildman–Crippen LogP) is 3.77. The topological polar surface area (TPSA) is 63.1 Å². The molecule has 1 N–H and O–H groups in total. The van der Waals surface area contributed by atoms with Gasteiger partial charge >= 0.3 is 5.97 Å². The highest BCUT2D eigenvalue weighted by Gasteiger charge is 2.22. The summed E-state index contributed by atoms with van der Waals surface area (Å²) in [4.78, 5) is 19.9. The van der Waals surface area contributed by atoms with Crippen molar-refractivity contribution < 1.29 is 9.90 Å². The van der Waals surface area contributed by atoms with Crippen molar-refractivity contribution in [3.8, 4) is 0 Å². The lowest BCUT2D eigenvalue weighted by molar-refractivity contribution is -0.138. The maximum absolute atomic E-state index is 11.6. The molecule has 110 valence electrons. The third-order valence-electron chi connectivity index (χ3n) is 3.31. The molecule has 0 aliphatic carbocycles. The second-order valence-corrected chi connectivity index (χ2v) is 6.16. The standard InChI is InChI=1S/C16H17BrN2O2/c1-10(2)14-8-15(19-9-18-14)13(16(20)21)7-11-3-5-12(17)6-4-11/h3-6,8-10,13H,7H2,1-2H3,(H,20,21). The normalized spacial score (nSPS) is 12.4. The maximum Gasteiger partial charge on any atom is 0.312 e. The molecule has 0 radical (unpaired) electrons. The molecule has 1 aromatic heterocycles. The Morgan fingerprint density at radius 2 is 1.81 bits per heavy atom. The van der Waals surface area contributed by atoms with Gasteiger partial charge in [0.2, 0.25) is 0 Å². The average molecular weight is 349 g/mol. The fraction of sp³-hybridized carbons (Fsp3) is 0.312. The number of halogens is 1. The summed E-state index contributed by atoms with van der Waals surface area (Å²) in [6, 6.07) is 9.46. The van der Waals surface area contributed by atoms with E-state index in [9.17, 15) is 9.90 Å². The zero-order chi connectivity index (χ0) is 15.4. The molecule has 1 aromatic carbocycles. The van der Waals surface area contributed by atoms with E-state index in [1.165, 1.54) is 6.33 Å². The number of rotatable bonds is 5. The van der Waals surface area contributed by atoms with Gasteiger partial charge in [0.05, 0.1) is 5.69 Å². The van der Waals surface area contributed by atoms with Gasteiger partial charge in [-0.1, -0.05) is 41.9 Å². The smallest absolute Gasteiger partial charge is 0.312 e. The lowest BCUT2D eigenvalue weighted by Crippen LogP contribution is -2.16. The summed E-state index contributed by atoms with van der Waals surface area (Å²) in [6.07, 6.45) is 1.86. The first-order valence-electron chi connectivity index (χ1n) is 6.76. The van der Waals surface area contributed by atoms with Crippen LogP contribution >= 0.6 is 15.9 Å². The van der Waals surface area contributed by atoms with Crippen LogP contribution in [0.15, 0.2) is 41.1 Å². The molecule has 1 unspecified atom stereocenters. The Morgan fingerprint density at radius 1 is 1.19 bits per heavy atom. The van der Waals surface area contributed by atoms with Crippen LogP contribution in [0, 0.1) is 0 Å². The lowest BCUT2D eigenvalue weighted by atomic mass is 9.95. The van der Waals surface area contributed by atoms with Crippen molar-refractivity contribution >= 4 is 21.9 Å². The Kier molecular flexibility index (Phi) is 5.07. The molecule has 0 aliphatic heterocycles. The van der Waals surface area contributed by atoms with E-state index in [1.807, 2.05) is 38.1 Å². The van der Waals surface area contributed by atoms with Crippen LogP contribution in [0.3, 0.4) is 0 Å². The van der Waals surface area contributed by atoms with Gasteiger partial charge in [0.1, 0.15) is 12.2 Å². The molecule has 0 spiro atoms. The highest BCUT2D eigenvalue weighted by Crippen LogP contribution is 2.23. The third-order valence-corrected chi connectivity index (χ3v) is 3.84. The van der Waals surface area contributed by atoms with Crippen molar-refractivity contribution in [3.63, 3.8) is 0 Å². The third kappa shape index (κ3) is 4.11. The first-order valence-corrected chi connectivity index (χ1v) is 7.55. The van der Waals surface area contributed by atoms with Gasteiger partial charge in [-0.3, -0.25) is 4.79 Å². The fourth-order valence-electron chi connectivity index (χ4n) is 2.07. The summed E-state index contributed by atoms with van der Waals surface area (Å²) >= 11 is 3.37. The highest BCUT2D eigenvalue weighted by atomic mass is 79.9. The van der Waals surface area contributed by atoms with Crippen molar-refractivity contribution in [3.05, 3.63) is 58.1 Å². The molecule has 1 heterocycles. The minimum Gasteiger partial charge on any atom is -0.481 e. The number of nitrogens with zero attached hydrogens (tertiary/aromatic N) is 2. The Bertz CT molecular complexity index is 626. The Morgan fingerprint density at radius 3 is 2.38 bits per heavy atom. The van der Waals surface area contributed by atoms with Gasteiger partial charge in [0.25, 0.3) is 0 Å². The van der Waals surface area contributed by atoms with Crippen LogP contribution in [0.2, 0.25) is 0 Å². The second kappa shape index (κ2) is 6.80. The van der Waals surface area contributed by atoms with Gasteiger partial charge < -0.3 is 5.11 Å². The molecular weight excluding hydrogens is 332 g/mol. The van der Waals surface area contributed by atoms with E-state index in [4.69, 9.17) is 0 Å². The van der Waals surface area contributed by atoms with Gasteiger partial charge in [-0.25, -0.2) is 9.97 Å². The first kappa shape index (κ1) is 15.6. The number of carboxylic acid groups (broad SMARTS) is 1. The molecular formula is C16H17BrN2O2. The van der Waals surface area contributed by atoms with Gasteiger partial charge in [0.15, 0.2) is 0 Å². The van der Waals surface area contributed by atoms with Crippen LogP contribution < -0.4 is 0 Å². The van der Waals surface area contributed by atoms with Crippen LogP contribution in [-0.2, 0) is 11.2 Å². The summed E-state index contributed by atoms with van der Waals surface area (Å²) in [6.45, 7) is 4.05. The number of hydrogen-bond acceptors (Lipinski definition) is 3. The molecule has 2 aromatic rings. The minimum atomic E-state index is -0.869. The van der Waals surface area contributed by atoms with Gasteiger partial charge in [-0.15, -0.1) is 0 Å². The van der Waals surface area contributed by atoms with Gasteiger partial charge in [-0.2, -0.15) is 0 Å². The van der Waals surface area contributed by atoms with Crippen molar-refractivity contribution in [1.29, 1.82) is 0 Å². The molecule has 4 nitrogen and oxygen atoms in total. The predicted molar refractivity (Wildman–Crippen MR) is 84.3 cm³/mol. The van der Waals surface area contributed by atoms with E-state index in [0.29, 0.717) is 12.1 Å². The molecule has 5 heteroatoms. The summed E-state index contributed by atoms with van der Waals surface area (Å²) in [5, 5.41) is 9.50. The first-order chi connectivity index (χ1) is 9.97. The summed E-state index contributed by atoms with van der Waals surface area (Å²) in [5.41, 5.74) is 2.39. The van der Waals surface area contributed by atoms with E-state index in [2.05, 4.69) is 25.9 Å². The van der Waals surface area contributed by atoms with Crippen LogP contribution in [-0.4, -0.2) is 21.0 Å². The van der Waals surface area contributed by atoms with Crippen molar-refractivity contribution in [1.82, 2.24) is 9.97 Å². The summed E-state index contributed by atoms with van der Waals surface area (Å²) < 4.78 is 0.974. The summed E-state index contributed by atoms with van der Waals surface area (Å²) in [5.74, 6) is -1.29. The average Bonchev–Trinajstić information content (AvgIpc) is 2.46. The molecule has 0 fully saturated rings. The van der Waals surface area contributed by atoms with Gasteiger partial charge in [-0.05, 0) is 36.1 Å². The zero-order valence-electron chi connectivity index (χ0n) is 12.0. The van der Waals surface area contributed by atoms with Crippen molar-refractivity contribution in [2.45, 2.75) is 32.1 Å². The maximum atomic E-state index is 11.6.